The average Bonchev–Trinajstić information content (AvgIpc) is 3.10. The van der Waals surface area contributed by atoms with Gasteiger partial charge in [0.15, 0.2) is 0 Å². The smallest absolute Gasteiger partial charge is 0.226 e. The number of rotatable bonds is 5. The minimum atomic E-state index is -0.0547. The number of aromatic nitrogens is 4. The van der Waals surface area contributed by atoms with E-state index in [1.807, 2.05) is 28.6 Å². The zero-order chi connectivity index (χ0) is 14.8. The summed E-state index contributed by atoms with van der Waals surface area (Å²) >= 11 is 0. The van der Waals surface area contributed by atoms with Crippen molar-refractivity contribution in [3.8, 4) is 0 Å². The van der Waals surface area contributed by atoms with E-state index in [1.165, 1.54) is 0 Å². The van der Waals surface area contributed by atoms with Gasteiger partial charge in [-0.05, 0) is 6.92 Å². The van der Waals surface area contributed by atoms with Crippen molar-refractivity contribution in [1.82, 2.24) is 19.3 Å². The first-order chi connectivity index (χ1) is 10.2. The maximum absolute atomic E-state index is 12.0. The highest BCUT2D eigenvalue weighted by atomic mass is 16.5. The van der Waals surface area contributed by atoms with Crippen molar-refractivity contribution < 1.29 is 9.53 Å². The first-order valence-corrected chi connectivity index (χ1v) is 7.10. The summed E-state index contributed by atoms with van der Waals surface area (Å²) in [6.45, 7) is 4.06. The third-order valence-electron chi connectivity index (χ3n) is 3.79. The normalized spacial score (nSPS) is 17.6. The predicted molar refractivity (Wildman–Crippen MR) is 77.1 cm³/mol. The monoisotopic (exact) mass is 289 g/mol. The molecule has 0 bridgehead atoms. The molecule has 0 unspecified atom stereocenters. The van der Waals surface area contributed by atoms with Crippen LogP contribution >= 0.6 is 0 Å². The number of methoxy groups -OCH3 is 1. The van der Waals surface area contributed by atoms with Crippen LogP contribution in [0, 0.1) is 0 Å². The molecule has 0 radical (unpaired) electrons. The molecule has 1 amide bonds. The zero-order valence-corrected chi connectivity index (χ0v) is 12.2. The first kappa shape index (κ1) is 13.8. The SMILES string of the molecule is CCn1ncc2c1NC(=O)C[C@@H]2c1nccn1CCOC. The second-order valence-electron chi connectivity index (χ2n) is 5.04. The van der Waals surface area contributed by atoms with Crippen LogP contribution in [0.25, 0.3) is 0 Å². The maximum Gasteiger partial charge on any atom is 0.226 e. The van der Waals surface area contributed by atoms with Crippen molar-refractivity contribution in [3.05, 3.63) is 30.0 Å². The van der Waals surface area contributed by atoms with E-state index in [2.05, 4.69) is 15.4 Å². The number of hydrogen-bond acceptors (Lipinski definition) is 4. The van der Waals surface area contributed by atoms with Crippen LogP contribution in [0.4, 0.5) is 5.82 Å². The molecule has 0 aromatic carbocycles. The summed E-state index contributed by atoms with van der Waals surface area (Å²) in [5.74, 6) is 1.63. The van der Waals surface area contributed by atoms with Gasteiger partial charge in [0.2, 0.25) is 5.91 Å². The molecule has 0 fully saturated rings. The molecule has 3 rings (SSSR count). The summed E-state index contributed by atoms with van der Waals surface area (Å²) in [7, 11) is 1.67. The van der Waals surface area contributed by atoms with Gasteiger partial charge in [0.05, 0.1) is 18.7 Å². The Kier molecular flexibility index (Phi) is 3.74. The fourth-order valence-corrected chi connectivity index (χ4v) is 2.75. The molecule has 2 aromatic rings. The molecule has 1 atom stereocenters. The number of aryl methyl sites for hydroxylation is 1. The fraction of sp³-hybridized carbons (Fsp3) is 0.500. The van der Waals surface area contributed by atoms with Crippen LogP contribution < -0.4 is 5.32 Å². The van der Waals surface area contributed by atoms with E-state index in [0.29, 0.717) is 13.0 Å². The highest BCUT2D eigenvalue weighted by molar-refractivity contribution is 5.94. The lowest BCUT2D eigenvalue weighted by Crippen LogP contribution is -2.26. The molecule has 112 valence electrons. The van der Waals surface area contributed by atoms with Crippen LogP contribution in [-0.2, 0) is 22.6 Å². The van der Waals surface area contributed by atoms with Gasteiger partial charge in [0.25, 0.3) is 0 Å². The van der Waals surface area contributed by atoms with Crippen LogP contribution in [0.3, 0.4) is 0 Å². The Morgan fingerprint density at radius 3 is 3.14 bits per heavy atom. The fourth-order valence-electron chi connectivity index (χ4n) is 2.75. The van der Waals surface area contributed by atoms with E-state index in [9.17, 15) is 4.79 Å². The van der Waals surface area contributed by atoms with Crippen molar-refractivity contribution >= 4 is 11.7 Å². The van der Waals surface area contributed by atoms with Gasteiger partial charge in [0.1, 0.15) is 11.6 Å². The van der Waals surface area contributed by atoms with E-state index in [-0.39, 0.29) is 11.8 Å². The summed E-state index contributed by atoms with van der Waals surface area (Å²) in [6, 6.07) is 0. The second-order valence-corrected chi connectivity index (χ2v) is 5.04. The number of amides is 1. The summed E-state index contributed by atoms with van der Waals surface area (Å²) in [5.41, 5.74) is 1.03. The first-order valence-electron chi connectivity index (χ1n) is 7.10. The highest BCUT2D eigenvalue weighted by Crippen LogP contribution is 2.36. The Morgan fingerprint density at radius 2 is 2.38 bits per heavy atom. The molecule has 3 heterocycles. The molecule has 0 spiro atoms. The van der Waals surface area contributed by atoms with Gasteiger partial charge in [-0.1, -0.05) is 0 Å². The van der Waals surface area contributed by atoms with Gasteiger partial charge in [-0.15, -0.1) is 0 Å². The Labute approximate surface area is 122 Å². The molecule has 1 N–H and O–H groups in total. The number of nitrogens with zero attached hydrogens (tertiary/aromatic N) is 4. The Bertz CT molecular complexity index is 646. The Hall–Kier alpha value is -2.15. The summed E-state index contributed by atoms with van der Waals surface area (Å²) in [5, 5.41) is 7.26. The molecule has 1 aliphatic rings. The van der Waals surface area contributed by atoms with Crippen molar-refractivity contribution in [3.63, 3.8) is 0 Å². The van der Waals surface area contributed by atoms with E-state index in [4.69, 9.17) is 4.74 Å². The number of carbonyl (C=O) groups excluding carboxylic acids is 1. The van der Waals surface area contributed by atoms with E-state index >= 15 is 0 Å². The van der Waals surface area contributed by atoms with E-state index < -0.39 is 0 Å². The average molecular weight is 289 g/mol. The van der Waals surface area contributed by atoms with Crippen molar-refractivity contribution in [2.75, 3.05) is 19.0 Å². The molecule has 1 aliphatic heterocycles. The Balaban J connectivity index is 1.98. The van der Waals surface area contributed by atoms with Crippen LogP contribution in [0.15, 0.2) is 18.6 Å². The number of fused-ring (bicyclic) bond motifs is 1. The lowest BCUT2D eigenvalue weighted by atomic mass is 9.93. The Morgan fingerprint density at radius 1 is 1.52 bits per heavy atom. The second kappa shape index (κ2) is 5.69. The minimum absolute atomic E-state index is 0.00370. The van der Waals surface area contributed by atoms with Crippen molar-refractivity contribution in [2.24, 2.45) is 0 Å². The molecule has 7 nitrogen and oxygen atoms in total. The lowest BCUT2D eigenvalue weighted by Gasteiger charge is -2.23. The predicted octanol–water partition coefficient (Wildman–Crippen LogP) is 1.22. The number of carbonyl (C=O) groups is 1. The number of ether oxygens (including phenoxy) is 1. The number of hydrogen-bond donors (Lipinski definition) is 1. The molecule has 7 heteroatoms. The number of anilines is 1. The molecule has 0 aliphatic carbocycles. The number of imidazole rings is 1. The van der Waals surface area contributed by atoms with Gasteiger partial charge < -0.3 is 14.6 Å². The molecular weight excluding hydrogens is 270 g/mol. The van der Waals surface area contributed by atoms with Gasteiger partial charge in [-0.2, -0.15) is 5.10 Å². The van der Waals surface area contributed by atoms with E-state index in [0.717, 1.165) is 30.3 Å². The van der Waals surface area contributed by atoms with Crippen LogP contribution in [0.5, 0.6) is 0 Å². The molecule has 0 saturated heterocycles. The topological polar surface area (TPSA) is 74.0 Å². The van der Waals surface area contributed by atoms with E-state index in [1.54, 1.807) is 13.3 Å². The zero-order valence-electron chi connectivity index (χ0n) is 12.2. The summed E-state index contributed by atoms with van der Waals surface area (Å²) in [4.78, 5) is 16.5. The molecule has 0 saturated carbocycles. The number of nitrogens with one attached hydrogen (secondary N) is 1. The van der Waals surface area contributed by atoms with Crippen molar-refractivity contribution in [2.45, 2.75) is 32.4 Å². The summed E-state index contributed by atoms with van der Waals surface area (Å²) < 4.78 is 8.97. The highest BCUT2D eigenvalue weighted by Gasteiger charge is 2.32. The van der Waals surface area contributed by atoms with Gasteiger partial charge in [-0.3, -0.25) is 4.79 Å². The maximum atomic E-state index is 12.0. The standard InChI is InChI=1S/C14H19N5O2/c1-3-19-14-11(9-16-19)10(8-12(20)17-14)13-15-4-5-18(13)6-7-21-2/h4-5,9-10H,3,6-8H2,1-2H3,(H,17,20)/t10-/m0/s1. The van der Waals surface area contributed by atoms with Crippen LogP contribution in [0.1, 0.15) is 30.7 Å². The van der Waals surface area contributed by atoms with Crippen LogP contribution in [0.2, 0.25) is 0 Å². The van der Waals surface area contributed by atoms with Gasteiger partial charge >= 0.3 is 0 Å². The molecule has 2 aromatic heterocycles. The molecule has 21 heavy (non-hydrogen) atoms. The largest absolute Gasteiger partial charge is 0.383 e. The molecular formula is C14H19N5O2. The third-order valence-corrected chi connectivity index (χ3v) is 3.79. The summed E-state index contributed by atoms with van der Waals surface area (Å²) in [6.07, 6.45) is 5.91. The van der Waals surface area contributed by atoms with Crippen molar-refractivity contribution in [1.29, 1.82) is 0 Å². The third kappa shape index (κ3) is 2.44. The van der Waals surface area contributed by atoms with Gasteiger partial charge in [-0.25, -0.2) is 9.67 Å². The minimum Gasteiger partial charge on any atom is -0.383 e. The van der Waals surface area contributed by atoms with Crippen LogP contribution in [-0.4, -0.2) is 39.0 Å². The van der Waals surface area contributed by atoms with Gasteiger partial charge in [0, 0.05) is 44.6 Å². The quantitative estimate of drug-likeness (QED) is 0.898. The lowest BCUT2D eigenvalue weighted by molar-refractivity contribution is -0.116.